The zero-order valence-electron chi connectivity index (χ0n) is 16.1. The molecule has 2 aromatic carbocycles. The number of hydrogen-bond acceptors (Lipinski definition) is 5. The average Bonchev–Trinajstić information content (AvgIpc) is 3.20. The zero-order chi connectivity index (χ0) is 19.8. The van der Waals surface area contributed by atoms with Crippen LogP contribution in [0.3, 0.4) is 0 Å². The van der Waals surface area contributed by atoms with Gasteiger partial charge in [0.2, 0.25) is 12.5 Å². The van der Waals surface area contributed by atoms with E-state index in [1.165, 1.54) is 4.90 Å². The molecule has 6 nitrogen and oxygen atoms in total. The maximum absolute atomic E-state index is 13.1. The number of benzene rings is 2. The molecule has 0 saturated carbocycles. The number of likely N-dealkylation sites (N-methyl/N-ethyl adjacent to an activating group) is 1. The number of carbonyl (C=O) groups excluding carboxylic acids is 1. The Morgan fingerprint density at radius 1 is 1.25 bits per heavy atom. The summed E-state index contributed by atoms with van der Waals surface area (Å²) >= 11 is 3.69. The highest BCUT2D eigenvalue weighted by molar-refractivity contribution is 9.10. The Labute approximate surface area is 172 Å². The van der Waals surface area contributed by atoms with Gasteiger partial charge < -0.3 is 23.8 Å². The molecule has 2 aliphatic rings. The Hall–Kier alpha value is -2.25. The van der Waals surface area contributed by atoms with E-state index < -0.39 is 0 Å². The average molecular weight is 449 g/mol. The first-order chi connectivity index (χ1) is 13.5. The van der Waals surface area contributed by atoms with Crippen LogP contribution in [0.2, 0.25) is 0 Å². The van der Waals surface area contributed by atoms with Crippen molar-refractivity contribution in [3.63, 3.8) is 0 Å². The topological polar surface area (TPSA) is 58.4 Å². The molecule has 0 radical (unpaired) electrons. The molecule has 2 heterocycles. The summed E-state index contributed by atoms with van der Waals surface area (Å²) in [7, 11) is 5.35. The first kappa shape index (κ1) is 19.1. The van der Waals surface area contributed by atoms with Gasteiger partial charge in [0.15, 0.2) is 17.3 Å². The molecular weight excluding hydrogens is 426 g/mol. The van der Waals surface area contributed by atoms with Gasteiger partial charge in [-0.15, -0.1) is 0 Å². The van der Waals surface area contributed by atoms with E-state index in [1.807, 2.05) is 18.2 Å². The van der Waals surface area contributed by atoms with Crippen molar-refractivity contribution in [2.45, 2.75) is 18.9 Å². The van der Waals surface area contributed by atoms with Crippen molar-refractivity contribution in [3.05, 3.63) is 45.4 Å². The molecule has 0 amide bonds. The monoisotopic (exact) mass is 448 g/mol. The number of ketones is 1. The van der Waals surface area contributed by atoms with Crippen LogP contribution in [0.15, 0.2) is 28.7 Å². The highest BCUT2D eigenvalue weighted by atomic mass is 79.9. The summed E-state index contributed by atoms with van der Waals surface area (Å²) in [6.07, 6.45) is 1.24. The smallest absolute Gasteiger partial charge is 0.231 e. The molecule has 0 spiro atoms. The van der Waals surface area contributed by atoms with Crippen molar-refractivity contribution in [2.75, 3.05) is 34.6 Å². The molecule has 1 N–H and O–H groups in total. The summed E-state index contributed by atoms with van der Waals surface area (Å²) in [5, 5.41) is 0. The molecule has 2 aromatic rings. The number of halogens is 1. The minimum absolute atomic E-state index is 0.0387. The Kier molecular flexibility index (Phi) is 5.21. The van der Waals surface area contributed by atoms with E-state index in [4.69, 9.17) is 18.9 Å². The van der Waals surface area contributed by atoms with Crippen LogP contribution < -0.4 is 23.8 Å². The van der Waals surface area contributed by atoms with Crippen molar-refractivity contribution >= 4 is 21.7 Å². The van der Waals surface area contributed by atoms with E-state index in [0.29, 0.717) is 35.0 Å². The summed E-state index contributed by atoms with van der Waals surface area (Å²) < 4.78 is 23.2. The number of carbonyl (C=O) groups is 1. The summed E-state index contributed by atoms with van der Waals surface area (Å²) in [5.41, 5.74) is 2.81. The van der Waals surface area contributed by atoms with Gasteiger partial charge in [0.05, 0.1) is 44.3 Å². The van der Waals surface area contributed by atoms with Crippen molar-refractivity contribution in [1.29, 1.82) is 0 Å². The standard InChI is InChI=1S/C21H22BrNO5/c1-23-8-7-14-17(19(26-3)21-20(18(14)22)27-11-28-21)15(23)10-16(24)12-5-4-6-13(9-12)25-2/h4-6,9,15H,7-8,10-11H2,1-3H3/p+1/t15-/m1/s1. The third-order valence-electron chi connectivity index (χ3n) is 5.55. The number of ether oxygens (including phenoxy) is 4. The van der Waals surface area contributed by atoms with Gasteiger partial charge in [-0.25, -0.2) is 0 Å². The van der Waals surface area contributed by atoms with Crippen LogP contribution in [0, 0.1) is 0 Å². The lowest BCUT2D eigenvalue weighted by Gasteiger charge is -2.33. The molecule has 1 unspecified atom stereocenters. The van der Waals surface area contributed by atoms with Crippen LogP contribution in [-0.2, 0) is 6.42 Å². The molecule has 0 fully saturated rings. The van der Waals surface area contributed by atoms with Crippen LogP contribution in [-0.4, -0.2) is 40.4 Å². The summed E-state index contributed by atoms with van der Waals surface area (Å²) in [4.78, 5) is 14.3. The second-order valence-corrected chi connectivity index (χ2v) is 7.86. The molecule has 28 heavy (non-hydrogen) atoms. The predicted molar refractivity (Wildman–Crippen MR) is 107 cm³/mol. The van der Waals surface area contributed by atoms with Crippen LogP contribution in [0.1, 0.15) is 33.9 Å². The first-order valence-corrected chi connectivity index (χ1v) is 10.0. The van der Waals surface area contributed by atoms with Gasteiger partial charge in [-0.2, -0.15) is 0 Å². The van der Waals surface area contributed by atoms with E-state index in [1.54, 1.807) is 20.3 Å². The first-order valence-electron chi connectivity index (χ1n) is 9.22. The number of hydrogen-bond donors (Lipinski definition) is 1. The molecule has 2 aliphatic heterocycles. The largest absolute Gasteiger partial charge is 0.497 e. The molecule has 2 atom stereocenters. The van der Waals surface area contributed by atoms with Crippen molar-refractivity contribution < 1.29 is 28.6 Å². The molecule has 0 bridgehead atoms. The lowest BCUT2D eigenvalue weighted by Crippen LogP contribution is -3.10. The Morgan fingerprint density at radius 2 is 2.04 bits per heavy atom. The van der Waals surface area contributed by atoms with Crippen LogP contribution in [0.5, 0.6) is 23.0 Å². The molecule has 4 rings (SSSR count). The van der Waals surface area contributed by atoms with E-state index in [-0.39, 0.29) is 18.6 Å². The van der Waals surface area contributed by atoms with Crippen molar-refractivity contribution in [3.8, 4) is 23.0 Å². The Balaban J connectivity index is 1.75. The molecule has 7 heteroatoms. The quantitative estimate of drug-likeness (QED) is 0.712. The normalized spacial score (nSPS) is 19.9. The number of nitrogens with one attached hydrogen (secondary N) is 1. The molecule has 0 aromatic heterocycles. The zero-order valence-corrected chi connectivity index (χ0v) is 17.7. The van der Waals surface area contributed by atoms with E-state index in [9.17, 15) is 4.79 Å². The molecule has 0 aliphatic carbocycles. The van der Waals surface area contributed by atoms with E-state index in [0.717, 1.165) is 28.6 Å². The number of Topliss-reactive ketones (excluding diaryl/α,β-unsaturated/α-hetero) is 1. The van der Waals surface area contributed by atoms with Crippen LogP contribution in [0.4, 0.5) is 0 Å². The molecule has 0 saturated heterocycles. The van der Waals surface area contributed by atoms with Crippen molar-refractivity contribution in [2.24, 2.45) is 0 Å². The van der Waals surface area contributed by atoms with Crippen molar-refractivity contribution in [1.82, 2.24) is 0 Å². The lowest BCUT2D eigenvalue weighted by atomic mass is 9.87. The van der Waals surface area contributed by atoms with Gasteiger partial charge in [-0.05, 0) is 33.6 Å². The number of rotatable bonds is 5. The maximum Gasteiger partial charge on any atom is 0.231 e. The Bertz CT molecular complexity index is 929. The highest BCUT2D eigenvalue weighted by Crippen LogP contribution is 2.52. The number of quaternary nitrogens is 1. The third kappa shape index (κ3) is 3.12. The molecular formula is C21H23BrNO5+. The highest BCUT2D eigenvalue weighted by Gasteiger charge is 2.39. The lowest BCUT2D eigenvalue weighted by molar-refractivity contribution is -0.913. The number of fused-ring (bicyclic) bond motifs is 2. The minimum Gasteiger partial charge on any atom is -0.497 e. The maximum atomic E-state index is 13.1. The second-order valence-electron chi connectivity index (χ2n) is 7.06. The van der Waals surface area contributed by atoms with Gasteiger partial charge in [0.25, 0.3) is 0 Å². The second kappa shape index (κ2) is 7.64. The minimum atomic E-state index is -0.0387. The van der Waals surface area contributed by atoms with Crippen LogP contribution >= 0.6 is 15.9 Å². The van der Waals surface area contributed by atoms with E-state index in [2.05, 4.69) is 23.0 Å². The van der Waals surface area contributed by atoms with E-state index >= 15 is 0 Å². The summed E-state index contributed by atoms with van der Waals surface area (Å²) in [5.74, 6) is 2.73. The Morgan fingerprint density at radius 3 is 2.79 bits per heavy atom. The fourth-order valence-corrected chi connectivity index (χ4v) is 4.77. The van der Waals surface area contributed by atoms with Crippen LogP contribution in [0.25, 0.3) is 0 Å². The third-order valence-corrected chi connectivity index (χ3v) is 6.39. The fraction of sp³-hybridized carbons (Fsp3) is 0.381. The predicted octanol–water partition coefficient (Wildman–Crippen LogP) is 2.58. The van der Waals surface area contributed by atoms with Gasteiger partial charge in [0.1, 0.15) is 11.8 Å². The van der Waals surface area contributed by atoms with Gasteiger partial charge >= 0.3 is 0 Å². The summed E-state index contributed by atoms with van der Waals surface area (Å²) in [6.45, 7) is 1.09. The van der Waals surface area contributed by atoms with Gasteiger partial charge in [-0.1, -0.05) is 12.1 Å². The SMILES string of the molecule is COc1cccc(C(=O)C[C@@H]2c3c(c(Br)c4c(c3OC)OCO4)CC[NH+]2C)c1. The van der Waals surface area contributed by atoms with Gasteiger partial charge in [-0.3, -0.25) is 4.79 Å². The fourth-order valence-electron chi connectivity index (χ4n) is 4.06. The van der Waals surface area contributed by atoms with Gasteiger partial charge in [0, 0.05) is 12.0 Å². The molecule has 148 valence electrons. The summed E-state index contributed by atoms with van der Waals surface area (Å²) in [6, 6.07) is 7.26. The number of methoxy groups -OCH3 is 2.